The van der Waals surface area contributed by atoms with Crippen molar-refractivity contribution in [2.75, 3.05) is 11.4 Å². The predicted molar refractivity (Wildman–Crippen MR) is 123 cm³/mol. The Morgan fingerprint density at radius 2 is 1.97 bits per heavy atom. The molecule has 0 spiro atoms. The summed E-state index contributed by atoms with van der Waals surface area (Å²) in [5.74, 6) is 0.318. The Morgan fingerprint density at radius 3 is 2.56 bits per heavy atom. The average Bonchev–Trinajstić information content (AvgIpc) is 3.42. The number of anilines is 1. The number of hydrogen-bond donors (Lipinski definition) is 0. The van der Waals surface area contributed by atoms with E-state index in [2.05, 4.69) is 5.10 Å². The fraction of sp³-hybridized carbons (Fsp3) is 0.217. The van der Waals surface area contributed by atoms with Crippen LogP contribution in [0.3, 0.4) is 0 Å². The van der Waals surface area contributed by atoms with Crippen molar-refractivity contribution in [2.24, 2.45) is 5.10 Å². The van der Waals surface area contributed by atoms with Gasteiger partial charge in [0.05, 0.1) is 22.6 Å². The van der Waals surface area contributed by atoms with Gasteiger partial charge in [0, 0.05) is 30.4 Å². The van der Waals surface area contributed by atoms with E-state index in [1.54, 1.807) is 42.7 Å². The molecule has 32 heavy (non-hydrogen) atoms. The fourth-order valence-corrected chi connectivity index (χ4v) is 4.52. The van der Waals surface area contributed by atoms with E-state index < -0.39 is 17.3 Å². The van der Waals surface area contributed by atoms with Crippen LogP contribution in [0.5, 0.6) is 0 Å². The lowest BCUT2D eigenvalue weighted by Gasteiger charge is -2.21. The first kappa shape index (κ1) is 22.3. The lowest BCUT2D eigenvalue weighted by atomic mass is 10.0. The highest BCUT2D eigenvalue weighted by molar-refractivity contribution is 7.80. The number of benzene rings is 2. The molecule has 0 saturated carbocycles. The Labute approximate surface area is 193 Å². The lowest BCUT2D eigenvalue weighted by Crippen LogP contribution is -2.27. The van der Waals surface area contributed by atoms with Gasteiger partial charge in [-0.25, -0.2) is 5.01 Å². The molecule has 7 nitrogen and oxygen atoms in total. The average molecular weight is 471 g/mol. The first-order valence-corrected chi connectivity index (χ1v) is 11.3. The number of hydrogen-bond acceptors (Lipinski definition) is 5. The lowest BCUT2D eigenvalue weighted by molar-refractivity contribution is 0.0692. The van der Waals surface area contributed by atoms with Gasteiger partial charge in [-0.15, -0.1) is 0 Å². The summed E-state index contributed by atoms with van der Waals surface area (Å²) in [6, 6.07) is 13.8. The number of amides is 1. The number of aryl methyl sites for hydroxylation is 2. The van der Waals surface area contributed by atoms with E-state index in [9.17, 15) is 13.6 Å². The van der Waals surface area contributed by atoms with Crippen molar-refractivity contribution >= 4 is 40.2 Å². The molecule has 1 aliphatic rings. The molecular formula is C23H21ClN3O4S-. The summed E-state index contributed by atoms with van der Waals surface area (Å²) in [5, 5.41) is 6.44. The minimum Gasteiger partial charge on any atom is -0.755 e. The Bertz CT molecular complexity index is 1190. The topological polar surface area (TPSA) is 89.2 Å². The van der Waals surface area contributed by atoms with Crippen LogP contribution in [-0.2, 0) is 11.3 Å². The second-order valence-corrected chi connectivity index (χ2v) is 9.02. The quantitative estimate of drug-likeness (QED) is 0.502. The number of rotatable bonds is 5. The minimum atomic E-state index is -2.36. The summed E-state index contributed by atoms with van der Waals surface area (Å²) in [6.45, 7) is 3.78. The van der Waals surface area contributed by atoms with E-state index >= 15 is 0 Å². The highest BCUT2D eigenvalue weighted by Crippen LogP contribution is 2.36. The Kier molecular flexibility index (Phi) is 6.19. The van der Waals surface area contributed by atoms with Crippen molar-refractivity contribution in [3.8, 4) is 0 Å². The third-order valence-corrected chi connectivity index (χ3v) is 6.38. The van der Waals surface area contributed by atoms with Crippen molar-refractivity contribution in [1.29, 1.82) is 0 Å². The second kappa shape index (κ2) is 8.90. The minimum absolute atomic E-state index is 0.304. The molecule has 3 aromatic rings. The van der Waals surface area contributed by atoms with E-state index in [0.29, 0.717) is 34.2 Å². The molecule has 0 aliphatic carbocycles. The fourth-order valence-electron chi connectivity index (χ4n) is 3.83. The molecule has 1 aliphatic heterocycles. The number of nitrogens with zero attached hydrogens (tertiary/aromatic N) is 3. The third kappa shape index (κ3) is 4.21. The van der Waals surface area contributed by atoms with Crippen LogP contribution >= 0.6 is 11.6 Å². The summed E-state index contributed by atoms with van der Waals surface area (Å²) in [7, 11) is 1.46. The normalized spacial score (nSPS) is 16.7. The zero-order chi connectivity index (χ0) is 23.0. The van der Waals surface area contributed by atoms with Gasteiger partial charge in [0.25, 0.3) is 5.91 Å². The van der Waals surface area contributed by atoms with Gasteiger partial charge in [0.15, 0.2) is 0 Å². The number of carbonyl (C=O) groups excluding carboxylic acids is 1. The van der Waals surface area contributed by atoms with Gasteiger partial charge in [-0.2, -0.15) is 5.10 Å². The molecule has 2 atom stereocenters. The van der Waals surface area contributed by atoms with Crippen molar-refractivity contribution < 1.29 is 18.0 Å². The maximum atomic E-state index is 13.5. The maximum absolute atomic E-state index is 13.5. The molecule has 0 radical (unpaired) electrons. The van der Waals surface area contributed by atoms with Gasteiger partial charge < -0.3 is 13.3 Å². The predicted octanol–water partition coefficient (Wildman–Crippen LogP) is 4.77. The molecule has 1 aromatic heterocycles. The van der Waals surface area contributed by atoms with Crippen molar-refractivity contribution in [1.82, 2.24) is 5.01 Å². The van der Waals surface area contributed by atoms with Crippen LogP contribution in [0.2, 0.25) is 5.02 Å². The number of carbonyl (C=O) groups is 1. The number of furan rings is 1. The molecule has 2 heterocycles. The largest absolute Gasteiger partial charge is 0.755 e. The molecular weight excluding hydrogens is 450 g/mol. The van der Waals surface area contributed by atoms with Crippen LogP contribution < -0.4 is 4.31 Å². The summed E-state index contributed by atoms with van der Waals surface area (Å²) in [6.07, 6.45) is 2.01. The van der Waals surface area contributed by atoms with Crippen LogP contribution in [0.15, 0.2) is 64.3 Å². The standard InChI is InChI=1S/C23H22ClN3O4S/c1-14-11-15(2)22(18(24)12-14)23(28)27-20(21-5-4-10-31-21)13-19(25-27)16-6-8-17(9-7-16)26(3)32(29)30/h4-12,20H,13H2,1-3H3,(H,29,30)/p-1. The van der Waals surface area contributed by atoms with Gasteiger partial charge >= 0.3 is 0 Å². The Hall–Kier alpha value is -2.94. The first-order chi connectivity index (χ1) is 15.3. The van der Waals surface area contributed by atoms with Crippen LogP contribution in [0, 0.1) is 13.8 Å². The zero-order valence-electron chi connectivity index (χ0n) is 17.7. The number of halogens is 1. The zero-order valence-corrected chi connectivity index (χ0v) is 19.3. The first-order valence-electron chi connectivity index (χ1n) is 9.91. The van der Waals surface area contributed by atoms with E-state index in [4.69, 9.17) is 16.0 Å². The van der Waals surface area contributed by atoms with Crippen molar-refractivity contribution in [3.05, 3.63) is 87.8 Å². The SMILES string of the molecule is Cc1cc(C)c(C(=O)N2N=C(c3ccc(N(C)S(=O)[O-])cc3)CC2c2ccco2)c(Cl)c1. The van der Waals surface area contributed by atoms with Gasteiger partial charge in [0.2, 0.25) is 0 Å². The molecule has 0 saturated heterocycles. The van der Waals surface area contributed by atoms with Crippen LogP contribution in [0.1, 0.15) is 45.3 Å². The van der Waals surface area contributed by atoms with Gasteiger partial charge in [0.1, 0.15) is 11.8 Å². The molecule has 0 bridgehead atoms. The summed E-state index contributed by atoms with van der Waals surface area (Å²) in [5.41, 5.74) is 4.17. The monoisotopic (exact) mass is 470 g/mol. The van der Waals surface area contributed by atoms with Crippen molar-refractivity contribution in [3.63, 3.8) is 0 Å². The highest BCUT2D eigenvalue weighted by Gasteiger charge is 2.36. The molecule has 0 N–H and O–H groups in total. The Balaban J connectivity index is 1.71. The van der Waals surface area contributed by atoms with Crippen molar-refractivity contribution in [2.45, 2.75) is 26.3 Å². The van der Waals surface area contributed by atoms with Gasteiger partial charge in [-0.05, 0) is 60.9 Å². The van der Waals surface area contributed by atoms with Crippen LogP contribution in [0.25, 0.3) is 0 Å². The summed E-state index contributed by atoms with van der Waals surface area (Å²) < 4.78 is 29.1. The summed E-state index contributed by atoms with van der Waals surface area (Å²) in [4.78, 5) is 13.5. The van der Waals surface area contributed by atoms with Gasteiger partial charge in [-0.3, -0.25) is 9.00 Å². The smallest absolute Gasteiger partial charge is 0.276 e. The molecule has 1 amide bonds. The molecule has 2 unspecified atom stereocenters. The molecule has 4 rings (SSSR count). The highest BCUT2D eigenvalue weighted by atomic mass is 35.5. The molecule has 2 aromatic carbocycles. The molecule has 9 heteroatoms. The second-order valence-electron chi connectivity index (χ2n) is 7.63. The third-order valence-electron chi connectivity index (χ3n) is 5.42. The van der Waals surface area contributed by atoms with E-state index in [1.807, 2.05) is 26.0 Å². The summed E-state index contributed by atoms with van der Waals surface area (Å²) >= 11 is 4.07. The van der Waals surface area contributed by atoms with E-state index in [1.165, 1.54) is 12.1 Å². The molecule has 166 valence electrons. The van der Waals surface area contributed by atoms with Crippen LogP contribution in [-0.4, -0.2) is 32.4 Å². The molecule has 0 fully saturated rings. The van der Waals surface area contributed by atoms with E-state index in [-0.39, 0.29) is 5.91 Å². The van der Waals surface area contributed by atoms with Gasteiger partial charge in [-0.1, -0.05) is 29.8 Å². The van der Waals surface area contributed by atoms with E-state index in [0.717, 1.165) is 21.0 Å². The number of hydrazone groups is 1. The Morgan fingerprint density at radius 1 is 1.25 bits per heavy atom. The maximum Gasteiger partial charge on any atom is 0.276 e. The van der Waals surface area contributed by atoms with Crippen LogP contribution in [0.4, 0.5) is 5.69 Å².